The molecule has 1 aliphatic heterocycles. The van der Waals surface area contributed by atoms with E-state index in [9.17, 15) is 14.4 Å². The number of rotatable bonds is 5. The van der Waals surface area contributed by atoms with E-state index in [-0.39, 0.29) is 18.5 Å². The SMILES string of the molecule is C[C@H](NC(=O)CN1C(=O)N[C@@](C)(c2ccccc2)C1=O)c1ccccc1. The first-order valence-electron chi connectivity index (χ1n) is 8.46. The first kappa shape index (κ1) is 17.7. The molecule has 134 valence electrons. The fourth-order valence-corrected chi connectivity index (χ4v) is 3.06. The van der Waals surface area contributed by atoms with E-state index >= 15 is 0 Å². The molecule has 1 fully saturated rings. The smallest absolute Gasteiger partial charge is 0.325 e. The molecule has 0 saturated carbocycles. The third kappa shape index (κ3) is 3.31. The van der Waals surface area contributed by atoms with Crippen LogP contribution in [0.25, 0.3) is 0 Å². The fraction of sp³-hybridized carbons (Fsp3) is 0.250. The van der Waals surface area contributed by atoms with Crippen molar-refractivity contribution in [1.29, 1.82) is 0 Å². The lowest BCUT2D eigenvalue weighted by molar-refractivity contribution is -0.135. The maximum Gasteiger partial charge on any atom is 0.325 e. The fourth-order valence-electron chi connectivity index (χ4n) is 3.06. The number of carbonyl (C=O) groups excluding carboxylic acids is 3. The summed E-state index contributed by atoms with van der Waals surface area (Å²) < 4.78 is 0. The van der Waals surface area contributed by atoms with Crippen LogP contribution in [0.1, 0.15) is 31.0 Å². The third-order valence-corrected chi connectivity index (χ3v) is 4.60. The Labute approximate surface area is 152 Å². The van der Waals surface area contributed by atoms with Gasteiger partial charge in [0.05, 0.1) is 6.04 Å². The van der Waals surface area contributed by atoms with Crippen LogP contribution < -0.4 is 10.6 Å². The van der Waals surface area contributed by atoms with Gasteiger partial charge in [0, 0.05) is 0 Å². The van der Waals surface area contributed by atoms with Crippen LogP contribution in [-0.4, -0.2) is 29.3 Å². The predicted octanol–water partition coefficient (Wildman–Crippen LogP) is 2.33. The number of amides is 4. The second kappa shape index (κ2) is 7.00. The van der Waals surface area contributed by atoms with Crippen LogP contribution in [0.15, 0.2) is 60.7 Å². The van der Waals surface area contributed by atoms with Gasteiger partial charge in [-0.2, -0.15) is 0 Å². The van der Waals surface area contributed by atoms with Gasteiger partial charge in [-0.25, -0.2) is 4.79 Å². The Morgan fingerprint density at radius 2 is 1.65 bits per heavy atom. The van der Waals surface area contributed by atoms with Crippen molar-refractivity contribution in [2.24, 2.45) is 0 Å². The van der Waals surface area contributed by atoms with E-state index in [1.54, 1.807) is 31.2 Å². The van der Waals surface area contributed by atoms with Gasteiger partial charge in [0.15, 0.2) is 0 Å². The van der Waals surface area contributed by atoms with E-state index in [1.807, 2.05) is 43.3 Å². The number of imide groups is 1. The highest BCUT2D eigenvalue weighted by atomic mass is 16.2. The van der Waals surface area contributed by atoms with Gasteiger partial charge in [-0.1, -0.05) is 60.7 Å². The molecule has 0 spiro atoms. The van der Waals surface area contributed by atoms with Crippen molar-refractivity contribution in [2.75, 3.05) is 6.54 Å². The molecule has 1 heterocycles. The number of hydrogen-bond donors (Lipinski definition) is 2. The topological polar surface area (TPSA) is 78.5 Å². The number of nitrogens with one attached hydrogen (secondary N) is 2. The Morgan fingerprint density at radius 1 is 1.08 bits per heavy atom. The summed E-state index contributed by atoms with van der Waals surface area (Å²) in [5.41, 5.74) is 0.468. The van der Waals surface area contributed by atoms with Crippen molar-refractivity contribution in [3.8, 4) is 0 Å². The highest BCUT2D eigenvalue weighted by Gasteiger charge is 2.49. The molecular formula is C20H21N3O3. The van der Waals surface area contributed by atoms with E-state index in [1.165, 1.54) is 0 Å². The lowest BCUT2D eigenvalue weighted by atomic mass is 9.92. The van der Waals surface area contributed by atoms with Crippen molar-refractivity contribution in [1.82, 2.24) is 15.5 Å². The largest absolute Gasteiger partial charge is 0.348 e. The van der Waals surface area contributed by atoms with Crippen LogP contribution in [0.5, 0.6) is 0 Å². The van der Waals surface area contributed by atoms with Gasteiger partial charge in [-0.15, -0.1) is 0 Å². The molecule has 2 aromatic carbocycles. The Morgan fingerprint density at radius 3 is 2.27 bits per heavy atom. The van der Waals surface area contributed by atoms with Crippen LogP contribution in [0.4, 0.5) is 4.79 Å². The average molecular weight is 351 g/mol. The number of nitrogens with zero attached hydrogens (tertiary/aromatic N) is 1. The summed E-state index contributed by atoms with van der Waals surface area (Å²) in [5.74, 6) is -0.821. The van der Waals surface area contributed by atoms with Crippen molar-refractivity contribution >= 4 is 17.8 Å². The third-order valence-electron chi connectivity index (χ3n) is 4.60. The maximum absolute atomic E-state index is 12.8. The Balaban J connectivity index is 1.69. The first-order valence-corrected chi connectivity index (χ1v) is 8.46. The van der Waals surface area contributed by atoms with Gasteiger partial charge >= 0.3 is 6.03 Å². The molecule has 0 radical (unpaired) electrons. The van der Waals surface area contributed by atoms with Gasteiger partial charge < -0.3 is 10.6 Å². The molecule has 0 aromatic heterocycles. The molecule has 26 heavy (non-hydrogen) atoms. The first-order chi connectivity index (χ1) is 12.4. The van der Waals surface area contributed by atoms with Crippen LogP contribution >= 0.6 is 0 Å². The summed E-state index contributed by atoms with van der Waals surface area (Å²) in [4.78, 5) is 38.4. The zero-order valence-electron chi connectivity index (χ0n) is 14.7. The molecule has 0 unspecified atom stereocenters. The predicted molar refractivity (Wildman–Crippen MR) is 97.0 cm³/mol. The summed E-state index contributed by atoms with van der Waals surface area (Å²) in [7, 11) is 0. The monoisotopic (exact) mass is 351 g/mol. The summed E-state index contributed by atoms with van der Waals surface area (Å²) in [5, 5.41) is 5.51. The van der Waals surface area contributed by atoms with Crippen LogP contribution in [0.2, 0.25) is 0 Å². The van der Waals surface area contributed by atoms with E-state index in [0.717, 1.165) is 10.5 Å². The van der Waals surface area contributed by atoms with Crippen LogP contribution in [0.3, 0.4) is 0 Å². The van der Waals surface area contributed by atoms with E-state index in [4.69, 9.17) is 0 Å². The lowest BCUT2D eigenvalue weighted by Crippen LogP contribution is -2.43. The molecule has 3 rings (SSSR count). The van der Waals surface area contributed by atoms with Gasteiger partial charge in [0.25, 0.3) is 5.91 Å². The van der Waals surface area contributed by atoms with Gasteiger partial charge in [-0.05, 0) is 25.0 Å². The lowest BCUT2D eigenvalue weighted by Gasteiger charge is -2.22. The number of carbonyl (C=O) groups is 3. The zero-order chi connectivity index (χ0) is 18.7. The average Bonchev–Trinajstić information content (AvgIpc) is 2.87. The Hall–Kier alpha value is -3.15. The summed E-state index contributed by atoms with van der Waals surface area (Å²) in [6.07, 6.45) is 0. The standard InChI is InChI=1S/C20H21N3O3/c1-14(15-9-5-3-6-10-15)21-17(24)13-23-18(25)20(2,22-19(23)26)16-11-7-4-8-12-16/h3-12,14H,13H2,1-2H3,(H,21,24)(H,22,26)/t14-,20-/m0/s1. The molecule has 0 bridgehead atoms. The molecule has 2 atom stereocenters. The van der Waals surface area contributed by atoms with Crippen LogP contribution in [-0.2, 0) is 15.1 Å². The minimum Gasteiger partial charge on any atom is -0.348 e. The van der Waals surface area contributed by atoms with E-state index < -0.39 is 17.5 Å². The van der Waals surface area contributed by atoms with Crippen LogP contribution in [0, 0.1) is 0 Å². The molecule has 2 N–H and O–H groups in total. The molecule has 0 aliphatic carbocycles. The van der Waals surface area contributed by atoms with Gasteiger partial charge in [0.1, 0.15) is 12.1 Å². The highest BCUT2D eigenvalue weighted by molar-refractivity contribution is 6.09. The molecular weight excluding hydrogens is 330 g/mol. The summed E-state index contributed by atoms with van der Waals surface area (Å²) >= 11 is 0. The van der Waals surface area contributed by atoms with Gasteiger partial charge in [-0.3, -0.25) is 14.5 Å². The molecule has 1 saturated heterocycles. The van der Waals surface area contributed by atoms with Crippen molar-refractivity contribution in [3.05, 3.63) is 71.8 Å². The molecule has 1 aliphatic rings. The summed E-state index contributed by atoms with van der Waals surface area (Å²) in [6, 6.07) is 17.7. The zero-order valence-corrected chi connectivity index (χ0v) is 14.7. The van der Waals surface area contributed by atoms with Crippen molar-refractivity contribution in [3.63, 3.8) is 0 Å². The second-order valence-electron chi connectivity index (χ2n) is 6.51. The minimum absolute atomic E-state index is 0.218. The van der Waals surface area contributed by atoms with Crippen molar-refractivity contribution < 1.29 is 14.4 Å². The number of urea groups is 1. The normalized spacial score (nSPS) is 20.6. The second-order valence-corrected chi connectivity index (χ2v) is 6.51. The van der Waals surface area contributed by atoms with Gasteiger partial charge in [0.2, 0.25) is 5.91 Å². The Kier molecular flexibility index (Phi) is 4.75. The van der Waals surface area contributed by atoms with E-state index in [0.29, 0.717) is 5.56 Å². The van der Waals surface area contributed by atoms with E-state index in [2.05, 4.69) is 10.6 Å². The molecule has 2 aromatic rings. The summed E-state index contributed by atoms with van der Waals surface area (Å²) in [6.45, 7) is 3.19. The molecule has 6 nitrogen and oxygen atoms in total. The Bertz CT molecular complexity index is 823. The molecule has 6 heteroatoms. The quantitative estimate of drug-likeness (QED) is 0.812. The molecule has 4 amide bonds. The number of benzene rings is 2. The highest BCUT2D eigenvalue weighted by Crippen LogP contribution is 2.28. The van der Waals surface area contributed by atoms with Crippen molar-refractivity contribution in [2.45, 2.75) is 25.4 Å². The number of hydrogen-bond acceptors (Lipinski definition) is 3. The minimum atomic E-state index is -1.16. The maximum atomic E-state index is 12.8.